The molecule has 0 spiro atoms. The molecule has 0 radical (unpaired) electrons. The molecule has 23 heavy (non-hydrogen) atoms. The van der Waals surface area contributed by atoms with Gasteiger partial charge in [0.05, 0.1) is 12.2 Å². The maximum atomic E-state index is 9.24. The van der Waals surface area contributed by atoms with Gasteiger partial charge < -0.3 is 9.80 Å². The number of hydrogen-bond acceptors (Lipinski definition) is 2. The summed E-state index contributed by atoms with van der Waals surface area (Å²) in [6.45, 7) is 1.84. The molecule has 0 bridgehead atoms. The zero-order valence-corrected chi connectivity index (χ0v) is 13.5. The lowest BCUT2D eigenvalue weighted by Crippen LogP contribution is -2.37. The van der Waals surface area contributed by atoms with Crippen molar-refractivity contribution in [1.29, 1.82) is 0 Å². The predicted molar refractivity (Wildman–Crippen MR) is 96.5 cm³/mol. The molecule has 1 fully saturated rings. The van der Waals surface area contributed by atoms with Gasteiger partial charge in [0.1, 0.15) is 0 Å². The molecule has 0 amide bonds. The van der Waals surface area contributed by atoms with E-state index in [0.717, 1.165) is 16.8 Å². The van der Waals surface area contributed by atoms with Crippen LogP contribution in [0.1, 0.15) is 36.3 Å². The third kappa shape index (κ3) is 2.16. The average Bonchev–Trinajstić information content (AvgIpc) is 3.13. The van der Waals surface area contributed by atoms with Crippen molar-refractivity contribution in [3.63, 3.8) is 0 Å². The van der Waals surface area contributed by atoms with Crippen molar-refractivity contribution in [3.05, 3.63) is 78.0 Å². The Labute approximate surface area is 144 Å². The van der Waals surface area contributed by atoms with E-state index in [0.29, 0.717) is 0 Å². The summed E-state index contributed by atoms with van der Waals surface area (Å²) in [5.41, 5.74) is 2.85. The molecule has 4 atom stereocenters. The second kappa shape index (κ2) is 5.45. The van der Waals surface area contributed by atoms with Crippen molar-refractivity contribution in [2.45, 2.75) is 44.8 Å². The van der Waals surface area contributed by atoms with Crippen molar-refractivity contribution in [2.75, 3.05) is 4.90 Å². The third-order valence-electron chi connectivity index (χ3n) is 5.01. The molecule has 0 saturated carbocycles. The molecule has 2 aliphatic heterocycles. The molecule has 1 saturated heterocycles. The highest BCUT2D eigenvalue weighted by atomic mass is 15.5. The van der Waals surface area contributed by atoms with Gasteiger partial charge in [-0.15, -0.1) is 0 Å². The van der Waals surface area contributed by atoms with E-state index in [2.05, 4.69) is 0 Å². The van der Waals surface area contributed by atoms with Crippen LogP contribution in [0, 0.1) is 6.92 Å². The van der Waals surface area contributed by atoms with Crippen LogP contribution >= 0.6 is 0 Å². The molecular weight excluding hydrogens is 280 g/mol. The first kappa shape index (κ1) is 10.5. The average molecular weight is 308 g/mol. The van der Waals surface area contributed by atoms with E-state index in [1.807, 2.05) is 90.5 Å². The number of para-hydroxylation sites is 1. The Morgan fingerprint density at radius 3 is 2.52 bits per heavy atom. The van der Waals surface area contributed by atoms with Crippen LogP contribution in [-0.2, 0) is 0 Å². The van der Waals surface area contributed by atoms with Gasteiger partial charge in [0, 0.05) is 23.1 Å². The fourth-order valence-electron chi connectivity index (χ4n) is 3.88. The molecule has 2 nitrogen and oxygen atoms in total. The van der Waals surface area contributed by atoms with Crippen LogP contribution in [0.4, 0.5) is 5.69 Å². The fourth-order valence-corrected chi connectivity index (χ4v) is 3.88. The van der Waals surface area contributed by atoms with Gasteiger partial charge in [-0.3, -0.25) is 0 Å². The van der Waals surface area contributed by atoms with Gasteiger partial charge in [-0.2, -0.15) is 0 Å². The Morgan fingerprint density at radius 1 is 1.04 bits per heavy atom. The van der Waals surface area contributed by atoms with E-state index in [1.165, 1.54) is 0 Å². The van der Waals surface area contributed by atoms with Gasteiger partial charge >= 0.3 is 0 Å². The molecule has 0 N–H and O–H groups in total. The van der Waals surface area contributed by atoms with Crippen LogP contribution in [0.15, 0.2) is 66.9 Å². The van der Waals surface area contributed by atoms with Gasteiger partial charge in [-0.05, 0) is 44.1 Å². The van der Waals surface area contributed by atoms with Gasteiger partial charge in [0.25, 0.3) is 0 Å². The minimum atomic E-state index is -2.20. The summed E-state index contributed by atoms with van der Waals surface area (Å²) in [5.74, 6) is -0.985. The smallest absolute Gasteiger partial charge is 0.0989 e. The number of fused-ring (bicyclic) bond motifs is 1. The highest BCUT2D eigenvalue weighted by Gasteiger charge is 2.47. The van der Waals surface area contributed by atoms with E-state index in [4.69, 9.17) is 4.11 Å². The molecule has 2 heterocycles. The van der Waals surface area contributed by atoms with E-state index in [1.54, 1.807) is 0 Å². The molecule has 0 aliphatic carbocycles. The lowest BCUT2D eigenvalue weighted by Gasteiger charge is -2.31. The fraction of sp³-hybridized carbons (Fsp3) is 0.333. The zero-order chi connectivity index (χ0) is 19.4. The molecule has 3 unspecified atom stereocenters. The number of rotatable bonds is 2. The first-order chi connectivity index (χ1) is 12.7. The van der Waals surface area contributed by atoms with Crippen molar-refractivity contribution >= 4 is 5.69 Å². The lowest BCUT2D eigenvalue weighted by atomic mass is 9.89. The van der Waals surface area contributed by atoms with Crippen LogP contribution in [0.25, 0.3) is 0 Å². The molecule has 2 aliphatic rings. The van der Waals surface area contributed by atoms with Crippen molar-refractivity contribution in [1.82, 2.24) is 4.90 Å². The lowest BCUT2D eigenvalue weighted by molar-refractivity contribution is 0.293. The van der Waals surface area contributed by atoms with Gasteiger partial charge in [0.2, 0.25) is 0 Å². The monoisotopic (exact) mass is 308 g/mol. The summed E-state index contributed by atoms with van der Waals surface area (Å²) in [5, 5.41) is 0. The number of anilines is 1. The quantitative estimate of drug-likeness (QED) is 0.804. The van der Waals surface area contributed by atoms with Crippen LogP contribution in [0.5, 0.6) is 0 Å². The molecule has 0 aromatic heterocycles. The van der Waals surface area contributed by atoms with Gasteiger partial charge in [-0.1, -0.05) is 54.6 Å². The molecule has 2 aromatic rings. The number of benzene rings is 2. The summed E-state index contributed by atoms with van der Waals surface area (Å²) in [4.78, 5) is 3.87. The number of nitrogens with zero attached hydrogens (tertiary/aromatic N) is 2. The number of aryl methyl sites for hydroxylation is 1. The SMILES string of the molecule is [2H]C([2H])([2H])C1N2C=CC([2H])(c3ccccc3)C2[C@H](C)N1c1ccccc1C. The first-order valence-electron chi connectivity index (χ1n) is 10.1. The number of hydrogen-bond donors (Lipinski definition) is 0. The van der Waals surface area contributed by atoms with Crippen molar-refractivity contribution < 1.29 is 5.48 Å². The maximum Gasteiger partial charge on any atom is 0.0989 e. The predicted octanol–water partition coefficient (Wildman–Crippen LogP) is 4.53. The molecule has 118 valence electrons. The Kier molecular flexibility index (Phi) is 2.50. The molecular formula is C21H24N2. The second-order valence-corrected chi connectivity index (χ2v) is 6.34. The topological polar surface area (TPSA) is 6.48 Å². The van der Waals surface area contributed by atoms with Gasteiger partial charge in [-0.25, -0.2) is 0 Å². The third-order valence-corrected chi connectivity index (χ3v) is 5.01. The minimum absolute atomic E-state index is 0.135. The van der Waals surface area contributed by atoms with Crippen LogP contribution < -0.4 is 4.90 Å². The van der Waals surface area contributed by atoms with E-state index >= 15 is 0 Å². The standard InChI is InChI=1S/C21H24N2/c1-15-9-7-8-12-20(15)23-16(2)21-19(13-14-22(21)17(23)3)18-10-5-4-6-11-18/h4-14,16-17,19,21H,1-3H3/t16-,17?,19?,21?/m0/s1/i3D3,19D. The molecule has 2 aromatic carbocycles. The largest absolute Gasteiger partial charge is 0.352 e. The normalized spacial score (nSPS) is 35.5. The Morgan fingerprint density at radius 2 is 1.78 bits per heavy atom. The van der Waals surface area contributed by atoms with Crippen molar-refractivity contribution in [3.8, 4) is 0 Å². The second-order valence-electron chi connectivity index (χ2n) is 6.34. The summed E-state index contributed by atoms with van der Waals surface area (Å²) in [6, 6.07) is 17.2. The molecule has 4 rings (SSSR count). The minimum Gasteiger partial charge on any atom is -0.352 e. The van der Waals surface area contributed by atoms with E-state index in [9.17, 15) is 1.37 Å². The van der Waals surface area contributed by atoms with Crippen LogP contribution in [0.2, 0.25) is 0 Å². The van der Waals surface area contributed by atoms with Gasteiger partial charge in [0.15, 0.2) is 0 Å². The Bertz CT molecular complexity index is 864. The summed E-state index contributed by atoms with van der Waals surface area (Å²) in [7, 11) is 0. The highest BCUT2D eigenvalue weighted by Crippen LogP contribution is 2.43. The van der Waals surface area contributed by atoms with Crippen molar-refractivity contribution in [2.24, 2.45) is 0 Å². The highest BCUT2D eigenvalue weighted by molar-refractivity contribution is 5.57. The summed E-state index contributed by atoms with van der Waals surface area (Å²) < 4.78 is 33.9. The summed E-state index contributed by atoms with van der Waals surface area (Å²) in [6.07, 6.45) is 2.87. The maximum absolute atomic E-state index is 9.24. The molecule has 2 heteroatoms. The van der Waals surface area contributed by atoms with Crippen LogP contribution in [0.3, 0.4) is 0 Å². The Balaban J connectivity index is 1.84. The Hall–Kier alpha value is -2.22. The zero-order valence-electron chi connectivity index (χ0n) is 17.5. The first-order valence-corrected chi connectivity index (χ1v) is 8.11. The van der Waals surface area contributed by atoms with Crippen LogP contribution in [-0.4, -0.2) is 23.1 Å². The van der Waals surface area contributed by atoms with E-state index < -0.39 is 18.9 Å². The summed E-state index contributed by atoms with van der Waals surface area (Å²) >= 11 is 0. The van der Waals surface area contributed by atoms with E-state index in [-0.39, 0.29) is 12.1 Å².